The highest BCUT2D eigenvalue weighted by atomic mass is 31.2. The van der Waals surface area contributed by atoms with E-state index < -0.39 is 57.2 Å². The highest BCUT2D eigenvalue weighted by Gasteiger charge is 2.39. The molecule has 5 atom stereocenters. The molecule has 0 saturated heterocycles. The normalized spacial score (nSPS) is 19.4. The van der Waals surface area contributed by atoms with Gasteiger partial charge in [-0.15, -0.1) is 0 Å². The number of phosphoric acid groups is 1. The van der Waals surface area contributed by atoms with Gasteiger partial charge in [-0.3, -0.25) is 18.9 Å². The van der Waals surface area contributed by atoms with Crippen molar-refractivity contribution in [3.8, 4) is 0 Å². The highest BCUT2D eigenvalue weighted by molar-refractivity contribution is 7.46. The first-order valence-electron chi connectivity index (χ1n) is 19.7. The number of hydrogen-bond donors (Lipinski definition) is 4. The fourth-order valence-corrected chi connectivity index (χ4v) is 6.19. The number of carbonyl (C=O) groups is 3. The summed E-state index contributed by atoms with van der Waals surface area (Å²) < 4.78 is 26.2. The van der Waals surface area contributed by atoms with Gasteiger partial charge in [0, 0.05) is 31.1 Å². The summed E-state index contributed by atoms with van der Waals surface area (Å²) >= 11 is 0. The Morgan fingerprint density at radius 2 is 1.38 bits per heavy atom. The van der Waals surface area contributed by atoms with E-state index in [-0.39, 0.29) is 31.0 Å². The lowest BCUT2D eigenvalue weighted by Gasteiger charge is -2.18. The van der Waals surface area contributed by atoms with Crippen molar-refractivity contribution < 1.29 is 52.9 Å². The number of allylic oxidation sites excluding steroid dienone is 9. The van der Waals surface area contributed by atoms with Crippen molar-refractivity contribution in [3.05, 3.63) is 60.8 Å². The van der Waals surface area contributed by atoms with Crippen molar-refractivity contribution in [2.75, 3.05) is 13.2 Å². The Kier molecular flexibility index (Phi) is 28.0. The maximum atomic E-state index is 12.4. The number of hydrogen-bond acceptors (Lipinski definition) is 9. The number of Topliss-reactive ketones (excluding diaryl/α,β-unsaturated/α-hetero) is 1. The SMILES string of the molecule is CCCCC/C=C\C/C=C\C/C=C\CCCCC(=O)O[C@H](COC(=O)CCC/C=C\C[C@H]1[C@@H](O)CC(=O)[C@@H]1/C=C/[C@@H](O)CCCCC)COP(=O)(O)O. The minimum Gasteiger partial charge on any atom is -0.462 e. The van der Waals surface area contributed by atoms with Crippen LogP contribution in [0, 0.1) is 11.8 Å². The number of rotatable bonds is 31. The van der Waals surface area contributed by atoms with Gasteiger partial charge in [0.05, 0.1) is 18.8 Å². The molecule has 0 aromatic rings. The van der Waals surface area contributed by atoms with Crippen LogP contribution in [0.15, 0.2) is 60.8 Å². The summed E-state index contributed by atoms with van der Waals surface area (Å²) in [6.07, 6.45) is 31.7. The van der Waals surface area contributed by atoms with Gasteiger partial charge in [-0.05, 0) is 70.6 Å². The maximum Gasteiger partial charge on any atom is 0.469 e. The molecule has 0 aromatic carbocycles. The first-order chi connectivity index (χ1) is 25.5. The molecule has 0 spiro atoms. The third-order valence-corrected chi connectivity index (χ3v) is 9.37. The zero-order chi connectivity index (χ0) is 39.2. The molecule has 0 aromatic heterocycles. The second-order valence-electron chi connectivity index (χ2n) is 13.7. The molecule has 11 nitrogen and oxygen atoms in total. The first-order valence-corrected chi connectivity index (χ1v) is 21.2. The van der Waals surface area contributed by atoms with Crippen LogP contribution < -0.4 is 0 Å². The molecule has 0 heterocycles. The zero-order valence-corrected chi connectivity index (χ0v) is 33.0. The number of unbranched alkanes of at least 4 members (excludes halogenated alkanes) is 8. The van der Waals surface area contributed by atoms with Gasteiger partial charge >= 0.3 is 19.8 Å². The summed E-state index contributed by atoms with van der Waals surface area (Å²) in [5.74, 6) is -1.89. The van der Waals surface area contributed by atoms with E-state index in [1.54, 1.807) is 12.2 Å². The molecular formula is C41H67O11P. The maximum absolute atomic E-state index is 12.4. The van der Waals surface area contributed by atoms with E-state index in [0.29, 0.717) is 32.1 Å². The molecule has 1 aliphatic rings. The van der Waals surface area contributed by atoms with E-state index in [1.165, 1.54) is 19.3 Å². The lowest BCUT2D eigenvalue weighted by atomic mass is 9.90. The van der Waals surface area contributed by atoms with Crippen molar-refractivity contribution in [1.82, 2.24) is 0 Å². The van der Waals surface area contributed by atoms with Gasteiger partial charge in [-0.25, -0.2) is 4.57 Å². The number of ether oxygens (including phenoxy) is 2. The lowest BCUT2D eigenvalue weighted by Crippen LogP contribution is -2.29. The number of carbonyl (C=O) groups excluding carboxylic acids is 3. The van der Waals surface area contributed by atoms with Gasteiger partial charge in [-0.2, -0.15) is 0 Å². The molecule has 0 aliphatic heterocycles. The standard InChI is InChI=1S/C41H67O11P/c1-3-5-7-8-9-10-11-12-13-14-15-16-17-18-24-28-41(46)52-35(33-51-53(47,48)49)32-50-40(45)27-23-20-19-22-26-36-37(39(44)31-38(36)43)30-29-34(42)25-21-6-4-2/h9-10,12-13,15-16,19,22,29-30,34-38,42-43H,3-8,11,14,17-18,20-21,23-28,31-33H2,1-2H3,(H2,47,48,49)/b10-9-,13-12-,16-15-,22-19-,30-29+/t34-,35+,36+,37+,38-/m0/s1. The summed E-state index contributed by atoms with van der Waals surface area (Å²) in [7, 11) is -4.83. The van der Waals surface area contributed by atoms with Crippen molar-refractivity contribution in [2.24, 2.45) is 11.8 Å². The minimum absolute atomic E-state index is 0.0372. The Morgan fingerprint density at radius 3 is 2.04 bits per heavy atom. The number of phosphoric ester groups is 1. The largest absolute Gasteiger partial charge is 0.469 e. The molecule has 1 aliphatic carbocycles. The van der Waals surface area contributed by atoms with Crippen LogP contribution in [0.1, 0.15) is 136 Å². The van der Waals surface area contributed by atoms with Crippen molar-refractivity contribution >= 4 is 25.5 Å². The molecule has 4 N–H and O–H groups in total. The number of aliphatic hydroxyl groups is 2. The Bertz CT molecular complexity index is 1200. The number of ketones is 1. The molecule has 0 radical (unpaired) electrons. The number of aliphatic hydroxyl groups excluding tert-OH is 2. The molecule has 1 fully saturated rings. The fraction of sp³-hybridized carbons (Fsp3) is 0.683. The fourth-order valence-electron chi connectivity index (χ4n) is 5.83. The Labute approximate surface area is 317 Å². The monoisotopic (exact) mass is 766 g/mol. The Hall–Kier alpha value is -2.66. The van der Waals surface area contributed by atoms with Crippen molar-refractivity contribution in [3.63, 3.8) is 0 Å². The summed E-state index contributed by atoms with van der Waals surface area (Å²) in [5.41, 5.74) is 0. The van der Waals surface area contributed by atoms with Gasteiger partial charge in [0.15, 0.2) is 6.10 Å². The van der Waals surface area contributed by atoms with Gasteiger partial charge < -0.3 is 29.5 Å². The van der Waals surface area contributed by atoms with E-state index in [1.807, 2.05) is 12.2 Å². The van der Waals surface area contributed by atoms with Crippen LogP contribution in [0.4, 0.5) is 0 Å². The van der Waals surface area contributed by atoms with Crippen LogP contribution in [0.2, 0.25) is 0 Å². The summed E-state index contributed by atoms with van der Waals surface area (Å²) in [5, 5.41) is 20.6. The summed E-state index contributed by atoms with van der Waals surface area (Å²) in [6.45, 7) is 3.27. The van der Waals surface area contributed by atoms with E-state index in [4.69, 9.17) is 19.3 Å². The van der Waals surface area contributed by atoms with Crippen LogP contribution in [-0.4, -0.2) is 69.2 Å². The Morgan fingerprint density at radius 1 is 0.792 bits per heavy atom. The predicted molar refractivity (Wildman–Crippen MR) is 208 cm³/mol. The van der Waals surface area contributed by atoms with E-state index in [0.717, 1.165) is 51.4 Å². The van der Waals surface area contributed by atoms with Gasteiger partial charge in [0.1, 0.15) is 12.4 Å². The zero-order valence-electron chi connectivity index (χ0n) is 32.1. The minimum atomic E-state index is -4.83. The van der Waals surface area contributed by atoms with Gasteiger partial charge in [0.25, 0.3) is 0 Å². The molecular weight excluding hydrogens is 699 g/mol. The van der Waals surface area contributed by atoms with Gasteiger partial charge in [-0.1, -0.05) is 107 Å². The van der Waals surface area contributed by atoms with Crippen molar-refractivity contribution in [1.29, 1.82) is 0 Å². The summed E-state index contributed by atoms with van der Waals surface area (Å²) in [4.78, 5) is 55.4. The lowest BCUT2D eigenvalue weighted by molar-refractivity contribution is -0.161. The highest BCUT2D eigenvalue weighted by Crippen LogP contribution is 2.36. The van der Waals surface area contributed by atoms with Gasteiger partial charge in [0.2, 0.25) is 0 Å². The average Bonchev–Trinajstić information content (AvgIpc) is 3.38. The topological polar surface area (TPSA) is 177 Å². The van der Waals surface area contributed by atoms with E-state index >= 15 is 0 Å². The Balaban J connectivity index is 2.36. The molecule has 1 saturated carbocycles. The van der Waals surface area contributed by atoms with E-state index in [9.17, 15) is 29.2 Å². The molecule has 302 valence electrons. The summed E-state index contributed by atoms with van der Waals surface area (Å²) in [6, 6.07) is 0. The molecule has 0 bridgehead atoms. The number of esters is 2. The molecule has 53 heavy (non-hydrogen) atoms. The second kappa shape index (κ2) is 30.6. The second-order valence-corrected chi connectivity index (χ2v) is 14.9. The van der Waals surface area contributed by atoms with Crippen LogP contribution in [-0.2, 0) is 32.9 Å². The molecule has 12 heteroatoms. The molecule has 0 unspecified atom stereocenters. The third kappa shape index (κ3) is 26.7. The predicted octanol–water partition coefficient (Wildman–Crippen LogP) is 8.32. The third-order valence-electron chi connectivity index (χ3n) is 8.89. The van der Waals surface area contributed by atoms with Crippen molar-refractivity contribution in [2.45, 2.75) is 154 Å². The van der Waals surface area contributed by atoms with E-state index in [2.05, 4.69) is 54.8 Å². The van der Waals surface area contributed by atoms with Crippen LogP contribution in [0.3, 0.4) is 0 Å². The first kappa shape index (κ1) is 48.4. The van der Waals surface area contributed by atoms with Crippen LogP contribution in [0.5, 0.6) is 0 Å². The molecule has 1 rings (SSSR count). The van der Waals surface area contributed by atoms with Crippen LogP contribution >= 0.6 is 7.82 Å². The smallest absolute Gasteiger partial charge is 0.462 e. The quantitative estimate of drug-likeness (QED) is 0.0231. The average molecular weight is 767 g/mol. The molecule has 0 amide bonds. The van der Waals surface area contributed by atoms with Crippen LogP contribution in [0.25, 0.3) is 0 Å².